The van der Waals surface area contributed by atoms with Crippen LogP contribution in [0.25, 0.3) is 11.2 Å². The maximum Gasteiger partial charge on any atom is 0.333 e. The first-order valence-electron chi connectivity index (χ1n) is 10.5. The first-order chi connectivity index (χ1) is 16.2. The largest absolute Gasteiger partial charge is 0.339 e. The van der Waals surface area contributed by atoms with Crippen molar-refractivity contribution >= 4 is 22.8 Å². The monoisotopic (exact) mass is 490 g/mol. The van der Waals surface area contributed by atoms with E-state index in [0.717, 1.165) is 22.3 Å². The molecule has 3 heterocycles. The van der Waals surface area contributed by atoms with Gasteiger partial charge in [-0.15, -0.1) is 0 Å². The van der Waals surface area contributed by atoms with Crippen LogP contribution in [0.2, 0.25) is 5.28 Å². The Labute approximate surface area is 196 Å². The summed E-state index contributed by atoms with van der Waals surface area (Å²) >= 11 is 5.94. The molecule has 0 unspecified atom stereocenters. The Bertz CT molecular complexity index is 1500. The standard InChI is InChI=1S/C22H21ClF2N6O3/c1-12(2)7-9-30-19-18(27-21(23)28-19)20(32)31(22(30)33)8-3-4-17-26-16(29-34-17)10-13-5-6-14(24)11-15(13)25/h5-7,11H,3-4,8-10H2,1-2H3,(H,27,28). The highest BCUT2D eigenvalue weighted by molar-refractivity contribution is 6.28. The molecule has 0 amide bonds. The summed E-state index contributed by atoms with van der Waals surface area (Å²) in [7, 11) is 0. The third-order valence-corrected chi connectivity index (χ3v) is 5.34. The van der Waals surface area contributed by atoms with Crippen LogP contribution in [0.15, 0.2) is 44.0 Å². The maximum absolute atomic E-state index is 13.8. The summed E-state index contributed by atoms with van der Waals surface area (Å²) in [6.07, 6.45) is 2.54. The third-order valence-electron chi connectivity index (χ3n) is 5.16. The van der Waals surface area contributed by atoms with Crippen LogP contribution < -0.4 is 11.2 Å². The molecule has 0 atom stereocenters. The Balaban J connectivity index is 1.50. The number of hydrogen-bond donors (Lipinski definition) is 1. The van der Waals surface area contributed by atoms with E-state index in [2.05, 4.69) is 20.1 Å². The van der Waals surface area contributed by atoms with Crippen molar-refractivity contribution in [1.29, 1.82) is 0 Å². The molecule has 3 aromatic heterocycles. The maximum atomic E-state index is 13.8. The number of imidazole rings is 1. The van der Waals surface area contributed by atoms with Crippen LogP contribution in [0.3, 0.4) is 0 Å². The van der Waals surface area contributed by atoms with E-state index in [1.165, 1.54) is 10.6 Å². The minimum Gasteiger partial charge on any atom is -0.339 e. The van der Waals surface area contributed by atoms with Gasteiger partial charge in [-0.25, -0.2) is 13.6 Å². The molecule has 0 bridgehead atoms. The second kappa shape index (κ2) is 9.72. The number of H-pyrrole nitrogens is 1. The highest BCUT2D eigenvalue weighted by Crippen LogP contribution is 2.14. The van der Waals surface area contributed by atoms with Crippen molar-refractivity contribution in [3.63, 3.8) is 0 Å². The minimum absolute atomic E-state index is 0.0196. The number of fused-ring (bicyclic) bond motifs is 1. The first kappa shape index (κ1) is 23.6. The van der Waals surface area contributed by atoms with Gasteiger partial charge in [0.1, 0.15) is 11.6 Å². The summed E-state index contributed by atoms with van der Waals surface area (Å²) in [6, 6.07) is 3.28. The average Bonchev–Trinajstić information content (AvgIpc) is 3.38. The quantitative estimate of drug-likeness (QED) is 0.299. The number of aromatic amines is 1. The molecule has 1 aromatic carbocycles. The van der Waals surface area contributed by atoms with Crippen LogP contribution in [-0.2, 0) is 25.9 Å². The molecule has 4 aromatic rings. The summed E-state index contributed by atoms with van der Waals surface area (Å²) in [5, 5.41) is 3.84. The molecule has 0 fully saturated rings. The van der Waals surface area contributed by atoms with Gasteiger partial charge < -0.3 is 9.51 Å². The van der Waals surface area contributed by atoms with E-state index in [-0.39, 0.29) is 53.2 Å². The highest BCUT2D eigenvalue weighted by atomic mass is 35.5. The Morgan fingerprint density at radius 3 is 2.74 bits per heavy atom. The zero-order valence-corrected chi connectivity index (χ0v) is 19.2. The fourth-order valence-corrected chi connectivity index (χ4v) is 3.64. The van der Waals surface area contributed by atoms with E-state index in [4.69, 9.17) is 16.1 Å². The number of nitrogens with zero attached hydrogens (tertiary/aromatic N) is 5. The van der Waals surface area contributed by atoms with Gasteiger partial charge in [-0.2, -0.15) is 9.97 Å². The molecule has 0 aliphatic carbocycles. The molecule has 0 aliphatic heterocycles. The molecule has 0 saturated heterocycles. The van der Waals surface area contributed by atoms with Crippen molar-refractivity contribution in [2.24, 2.45) is 0 Å². The van der Waals surface area contributed by atoms with Crippen LogP contribution in [0.5, 0.6) is 0 Å². The highest BCUT2D eigenvalue weighted by Gasteiger charge is 2.17. The predicted molar refractivity (Wildman–Crippen MR) is 121 cm³/mol. The average molecular weight is 491 g/mol. The molecule has 0 spiro atoms. The van der Waals surface area contributed by atoms with Crippen LogP contribution >= 0.6 is 11.6 Å². The topological polar surface area (TPSA) is 112 Å². The van der Waals surface area contributed by atoms with Crippen molar-refractivity contribution in [3.8, 4) is 0 Å². The molecule has 178 valence electrons. The van der Waals surface area contributed by atoms with E-state index in [9.17, 15) is 18.4 Å². The molecular weight excluding hydrogens is 470 g/mol. The van der Waals surface area contributed by atoms with Crippen LogP contribution in [0, 0.1) is 11.6 Å². The lowest BCUT2D eigenvalue weighted by Gasteiger charge is -2.09. The lowest BCUT2D eigenvalue weighted by molar-refractivity contribution is 0.367. The van der Waals surface area contributed by atoms with Gasteiger partial charge in [-0.1, -0.05) is 22.9 Å². The van der Waals surface area contributed by atoms with Crippen LogP contribution in [0.1, 0.15) is 37.5 Å². The summed E-state index contributed by atoms with van der Waals surface area (Å²) in [5.41, 5.74) is 0.564. The van der Waals surface area contributed by atoms with Gasteiger partial charge in [0.15, 0.2) is 17.0 Å². The number of nitrogens with one attached hydrogen (secondary N) is 1. The van der Waals surface area contributed by atoms with Crippen molar-refractivity contribution in [2.45, 2.75) is 46.2 Å². The van der Waals surface area contributed by atoms with E-state index >= 15 is 0 Å². The summed E-state index contributed by atoms with van der Waals surface area (Å²) in [4.78, 5) is 36.9. The lowest BCUT2D eigenvalue weighted by Crippen LogP contribution is -2.40. The predicted octanol–water partition coefficient (Wildman–Crippen LogP) is 3.39. The van der Waals surface area contributed by atoms with Gasteiger partial charge in [0.05, 0.1) is 0 Å². The summed E-state index contributed by atoms with van der Waals surface area (Å²) < 4.78 is 34.6. The minimum atomic E-state index is -0.690. The van der Waals surface area contributed by atoms with E-state index in [1.807, 2.05) is 19.9 Å². The lowest BCUT2D eigenvalue weighted by atomic mass is 10.1. The molecule has 0 radical (unpaired) electrons. The Kier molecular flexibility index (Phi) is 6.73. The molecule has 0 aliphatic rings. The summed E-state index contributed by atoms with van der Waals surface area (Å²) in [5.74, 6) is -0.832. The smallest absolute Gasteiger partial charge is 0.333 e. The van der Waals surface area contributed by atoms with E-state index < -0.39 is 22.9 Å². The van der Waals surface area contributed by atoms with Crippen molar-refractivity contribution < 1.29 is 13.3 Å². The molecule has 0 saturated carbocycles. The van der Waals surface area contributed by atoms with Gasteiger partial charge in [0.25, 0.3) is 5.56 Å². The van der Waals surface area contributed by atoms with Crippen molar-refractivity contribution in [1.82, 2.24) is 29.2 Å². The normalized spacial score (nSPS) is 11.3. The number of aromatic nitrogens is 6. The Morgan fingerprint density at radius 1 is 1.21 bits per heavy atom. The zero-order valence-electron chi connectivity index (χ0n) is 18.4. The third kappa shape index (κ3) is 4.98. The second-order valence-corrected chi connectivity index (χ2v) is 8.34. The number of hydrogen-bond acceptors (Lipinski definition) is 6. The van der Waals surface area contributed by atoms with Crippen molar-refractivity contribution in [2.75, 3.05) is 0 Å². The van der Waals surface area contributed by atoms with Gasteiger partial charge in [0, 0.05) is 32.0 Å². The van der Waals surface area contributed by atoms with Gasteiger partial charge in [0.2, 0.25) is 11.2 Å². The van der Waals surface area contributed by atoms with Crippen LogP contribution in [-0.4, -0.2) is 29.2 Å². The summed E-state index contributed by atoms with van der Waals surface area (Å²) in [6.45, 7) is 4.15. The first-order valence-corrected chi connectivity index (χ1v) is 10.9. The fourth-order valence-electron chi connectivity index (χ4n) is 3.46. The Hall–Kier alpha value is -3.60. The zero-order chi connectivity index (χ0) is 24.4. The molecule has 34 heavy (non-hydrogen) atoms. The number of aryl methyl sites for hydroxylation is 1. The number of allylic oxidation sites excluding steroid dienone is 2. The fraction of sp³-hybridized carbons (Fsp3) is 0.318. The molecule has 4 rings (SSSR count). The molecule has 9 nitrogen and oxygen atoms in total. The van der Waals surface area contributed by atoms with E-state index in [1.54, 1.807) is 0 Å². The van der Waals surface area contributed by atoms with E-state index in [0.29, 0.717) is 12.8 Å². The molecule has 12 heteroatoms. The van der Waals surface area contributed by atoms with Crippen molar-refractivity contribution in [3.05, 3.63) is 84.9 Å². The van der Waals surface area contributed by atoms with Gasteiger partial charge >= 0.3 is 5.69 Å². The van der Waals surface area contributed by atoms with Crippen LogP contribution in [0.4, 0.5) is 8.78 Å². The number of benzene rings is 1. The Morgan fingerprint density at radius 2 is 2.00 bits per heavy atom. The second-order valence-electron chi connectivity index (χ2n) is 7.98. The number of halogens is 3. The number of rotatable bonds is 8. The molecule has 1 N–H and O–H groups in total. The molecular formula is C22H21ClF2N6O3. The SMILES string of the molecule is CC(C)=CCn1c(=O)n(CCCc2nc(Cc3ccc(F)cc3F)no2)c(=O)c2[nH]c(Cl)nc21. The van der Waals surface area contributed by atoms with Gasteiger partial charge in [-0.3, -0.25) is 13.9 Å². The van der Waals surface area contributed by atoms with Gasteiger partial charge in [-0.05, 0) is 43.5 Å².